The predicted octanol–water partition coefficient (Wildman–Crippen LogP) is 2.84. The average molecular weight is 451 g/mol. The summed E-state index contributed by atoms with van der Waals surface area (Å²) in [6.07, 6.45) is 3.26. The molecule has 2 aliphatic heterocycles. The van der Waals surface area contributed by atoms with Gasteiger partial charge in [0, 0.05) is 48.7 Å². The van der Waals surface area contributed by atoms with Crippen LogP contribution in [0.4, 0.5) is 11.4 Å². The smallest absolute Gasteiger partial charge is 0.254 e. The number of amides is 3. The lowest BCUT2D eigenvalue weighted by atomic mass is 10.1. The summed E-state index contributed by atoms with van der Waals surface area (Å²) < 4.78 is 5.30. The number of morpholine rings is 1. The lowest BCUT2D eigenvalue weighted by Gasteiger charge is -2.27. The van der Waals surface area contributed by atoms with Gasteiger partial charge in [-0.2, -0.15) is 0 Å². The van der Waals surface area contributed by atoms with Crippen LogP contribution in [0.5, 0.6) is 0 Å². The van der Waals surface area contributed by atoms with Crippen molar-refractivity contribution < 1.29 is 19.1 Å². The molecule has 2 aliphatic rings. The number of anilines is 2. The first kappa shape index (κ1) is 22.8. The van der Waals surface area contributed by atoms with Crippen LogP contribution in [-0.2, 0) is 9.53 Å². The summed E-state index contributed by atoms with van der Waals surface area (Å²) in [5.41, 5.74) is 2.43. The first-order valence-corrected chi connectivity index (χ1v) is 11.5. The van der Waals surface area contributed by atoms with Crippen LogP contribution in [0, 0.1) is 0 Å². The molecule has 8 nitrogen and oxygen atoms in total. The van der Waals surface area contributed by atoms with E-state index in [-0.39, 0.29) is 24.3 Å². The highest BCUT2D eigenvalue weighted by Crippen LogP contribution is 2.17. The molecule has 2 saturated heterocycles. The minimum absolute atomic E-state index is 0.0320. The largest absolute Gasteiger partial charge is 0.378 e. The van der Waals surface area contributed by atoms with E-state index in [1.807, 2.05) is 17.0 Å². The van der Waals surface area contributed by atoms with E-state index in [1.165, 1.54) is 6.42 Å². The molecule has 8 heteroatoms. The van der Waals surface area contributed by atoms with Crippen LogP contribution in [0.25, 0.3) is 0 Å². The van der Waals surface area contributed by atoms with Gasteiger partial charge in [-0.15, -0.1) is 0 Å². The molecule has 3 amide bonds. The van der Waals surface area contributed by atoms with Crippen LogP contribution >= 0.6 is 0 Å². The van der Waals surface area contributed by atoms with Crippen molar-refractivity contribution in [3.8, 4) is 0 Å². The van der Waals surface area contributed by atoms with Gasteiger partial charge in [-0.25, -0.2) is 0 Å². The third kappa shape index (κ3) is 6.10. The standard InChI is InChI=1S/C25H30N4O4/c30-23(27-22-9-5-7-20(17-22)25(32)29-12-14-33-15-13-29)18-26-21-8-4-6-19(16-21)24(31)28-10-2-1-3-11-28/h4-9,16-17,26H,1-3,10-15,18H2,(H,27,30). The van der Waals surface area contributed by atoms with Crippen LogP contribution in [0.1, 0.15) is 40.0 Å². The SMILES string of the molecule is O=C(CNc1cccc(C(=O)N2CCCCC2)c1)Nc1cccc(C(=O)N2CCOCC2)c1. The number of rotatable bonds is 6. The molecule has 0 aromatic heterocycles. The lowest BCUT2D eigenvalue weighted by Crippen LogP contribution is -2.40. The second-order valence-electron chi connectivity index (χ2n) is 8.32. The van der Waals surface area contributed by atoms with E-state index in [0.717, 1.165) is 25.9 Å². The molecule has 0 radical (unpaired) electrons. The molecule has 0 aliphatic carbocycles. The topological polar surface area (TPSA) is 91.0 Å². The predicted molar refractivity (Wildman–Crippen MR) is 126 cm³/mol. The fraction of sp³-hybridized carbons (Fsp3) is 0.400. The molecule has 174 valence electrons. The summed E-state index contributed by atoms with van der Waals surface area (Å²) in [5, 5.41) is 5.91. The maximum atomic E-state index is 12.7. The molecule has 4 rings (SSSR count). The van der Waals surface area contributed by atoms with E-state index >= 15 is 0 Å². The van der Waals surface area contributed by atoms with Gasteiger partial charge in [0.2, 0.25) is 5.91 Å². The van der Waals surface area contributed by atoms with E-state index in [4.69, 9.17) is 4.74 Å². The summed E-state index contributed by atoms with van der Waals surface area (Å²) in [4.78, 5) is 41.5. The van der Waals surface area contributed by atoms with E-state index in [9.17, 15) is 14.4 Å². The van der Waals surface area contributed by atoms with Crippen LogP contribution in [-0.4, -0.2) is 73.5 Å². The average Bonchev–Trinajstić information content (AvgIpc) is 2.88. The second-order valence-corrected chi connectivity index (χ2v) is 8.32. The van der Waals surface area contributed by atoms with Gasteiger partial charge >= 0.3 is 0 Å². The van der Waals surface area contributed by atoms with Crippen LogP contribution in [0.2, 0.25) is 0 Å². The zero-order chi connectivity index (χ0) is 23.0. The molecule has 0 spiro atoms. The Hall–Kier alpha value is -3.39. The van der Waals surface area contributed by atoms with Crippen molar-refractivity contribution in [2.24, 2.45) is 0 Å². The first-order valence-electron chi connectivity index (χ1n) is 11.5. The number of ether oxygens (including phenoxy) is 1. The zero-order valence-electron chi connectivity index (χ0n) is 18.7. The molecule has 0 saturated carbocycles. The summed E-state index contributed by atoms with van der Waals surface area (Å²) in [6, 6.07) is 14.2. The minimum Gasteiger partial charge on any atom is -0.378 e. The van der Waals surface area contributed by atoms with E-state index in [1.54, 1.807) is 41.3 Å². The van der Waals surface area contributed by atoms with Crippen molar-refractivity contribution in [2.45, 2.75) is 19.3 Å². The lowest BCUT2D eigenvalue weighted by molar-refractivity contribution is -0.114. The van der Waals surface area contributed by atoms with Gasteiger partial charge in [-0.05, 0) is 55.7 Å². The summed E-state index contributed by atoms with van der Waals surface area (Å²) in [5.74, 6) is -0.272. The normalized spacial score (nSPS) is 16.2. The molecule has 0 atom stereocenters. The Labute approximate surface area is 193 Å². The molecule has 2 aromatic rings. The van der Waals surface area contributed by atoms with Crippen molar-refractivity contribution >= 4 is 29.1 Å². The molecule has 2 fully saturated rings. The Morgan fingerprint density at radius 3 is 2.00 bits per heavy atom. The Morgan fingerprint density at radius 2 is 1.33 bits per heavy atom. The highest BCUT2D eigenvalue weighted by molar-refractivity contribution is 5.98. The van der Waals surface area contributed by atoms with Gasteiger partial charge < -0.3 is 25.2 Å². The monoisotopic (exact) mass is 450 g/mol. The molecule has 0 bridgehead atoms. The fourth-order valence-electron chi connectivity index (χ4n) is 4.11. The maximum absolute atomic E-state index is 12.7. The van der Waals surface area contributed by atoms with E-state index in [2.05, 4.69) is 10.6 Å². The van der Waals surface area contributed by atoms with Gasteiger partial charge in [-0.1, -0.05) is 12.1 Å². The zero-order valence-corrected chi connectivity index (χ0v) is 18.7. The second kappa shape index (κ2) is 11.0. The maximum Gasteiger partial charge on any atom is 0.254 e. The van der Waals surface area contributed by atoms with Crippen molar-refractivity contribution in [1.29, 1.82) is 0 Å². The van der Waals surface area contributed by atoms with Crippen LogP contribution in [0.3, 0.4) is 0 Å². The van der Waals surface area contributed by atoms with Crippen molar-refractivity contribution in [2.75, 3.05) is 56.6 Å². The Balaban J connectivity index is 1.31. The van der Waals surface area contributed by atoms with E-state index < -0.39 is 0 Å². The van der Waals surface area contributed by atoms with Gasteiger partial charge in [0.15, 0.2) is 0 Å². The van der Waals surface area contributed by atoms with Crippen molar-refractivity contribution in [3.63, 3.8) is 0 Å². The number of hydrogen-bond donors (Lipinski definition) is 2. The third-order valence-electron chi connectivity index (χ3n) is 5.90. The highest BCUT2D eigenvalue weighted by Gasteiger charge is 2.20. The summed E-state index contributed by atoms with van der Waals surface area (Å²) in [6.45, 7) is 3.86. The van der Waals surface area contributed by atoms with Crippen LogP contribution in [0.15, 0.2) is 48.5 Å². The van der Waals surface area contributed by atoms with Gasteiger partial charge in [0.25, 0.3) is 11.8 Å². The number of carbonyl (C=O) groups is 3. The highest BCUT2D eigenvalue weighted by atomic mass is 16.5. The number of benzene rings is 2. The molecule has 2 heterocycles. The quantitative estimate of drug-likeness (QED) is 0.706. The van der Waals surface area contributed by atoms with Crippen LogP contribution < -0.4 is 10.6 Å². The van der Waals surface area contributed by atoms with Gasteiger partial charge in [-0.3, -0.25) is 14.4 Å². The van der Waals surface area contributed by atoms with Crippen molar-refractivity contribution in [3.05, 3.63) is 59.7 Å². The van der Waals surface area contributed by atoms with Gasteiger partial charge in [0.05, 0.1) is 19.8 Å². The molecule has 2 aromatic carbocycles. The Morgan fingerprint density at radius 1 is 0.758 bits per heavy atom. The molecular formula is C25H30N4O4. The Bertz CT molecular complexity index is 997. The third-order valence-corrected chi connectivity index (χ3v) is 5.90. The molecule has 2 N–H and O–H groups in total. The fourth-order valence-corrected chi connectivity index (χ4v) is 4.11. The molecule has 0 unspecified atom stereocenters. The Kier molecular flexibility index (Phi) is 7.57. The summed E-state index contributed by atoms with van der Waals surface area (Å²) >= 11 is 0. The number of piperidine rings is 1. The molecular weight excluding hydrogens is 420 g/mol. The number of carbonyl (C=O) groups excluding carboxylic acids is 3. The first-order chi connectivity index (χ1) is 16.1. The number of likely N-dealkylation sites (tertiary alicyclic amines) is 1. The number of hydrogen-bond acceptors (Lipinski definition) is 5. The summed E-state index contributed by atoms with van der Waals surface area (Å²) in [7, 11) is 0. The van der Waals surface area contributed by atoms with E-state index in [0.29, 0.717) is 48.8 Å². The van der Waals surface area contributed by atoms with Crippen molar-refractivity contribution in [1.82, 2.24) is 9.80 Å². The molecule has 33 heavy (non-hydrogen) atoms. The van der Waals surface area contributed by atoms with Gasteiger partial charge in [0.1, 0.15) is 0 Å². The number of nitrogens with zero attached hydrogens (tertiary/aromatic N) is 2. The minimum atomic E-state index is -0.237. The number of nitrogens with one attached hydrogen (secondary N) is 2.